The van der Waals surface area contributed by atoms with Gasteiger partial charge in [0.15, 0.2) is 0 Å². The van der Waals surface area contributed by atoms with Gasteiger partial charge >= 0.3 is 5.97 Å². The number of thiophene rings is 1. The van der Waals surface area contributed by atoms with Crippen molar-refractivity contribution in [1.29, 1.82) is 0 Å². The summed E-state index contributed by atoms with van der Waals surface area (Å²) in [5.41, 5.74) is 2.07. The number of carboxylic acids is 1. The van der Waals surface area contributed by atoms with Crippen molar-refractivity contribution in [2.45, 2.75) is 29.7 Å². The first kappa shape index (κ1) is 20.3. The number of hydrogen-bond donors (Lipinski definition) is 1. The van der Waals surface area contributed by atoms with E-state index in [1.54, 1.807) is 18.2 Å². The molecule has 2 aromatic carbocycles. The van der Waals surface area contributed by atoms with Crippen LogP contribution in [0.2, 0.25) is 4.34 Å². The van der Waals surface area contributed by atoms with Gasteiger partial charge in [-0.25, -0.2) is 9.18 Å². The predicted octanol–water partition coefficient (Wildman–Crippen LogP) is 6.96. The lowest BCUT2D eigenvalue weighted by atomic mass is 10.0. The number of halogens is 2. The zero-order valence-corrected chi connectivity index (χ0v) is 18.2. The highest BCUT2D eigenvalue weighted by atomic mass is 35.5. The SMILES string of the molecule is CC(C)CN1c2cc(C(=O)O)ccc2Sc2cc(F)ccc2C1c1ccc(Cl)s1. The van der Waals surface area contributed by atoms with Gasteiger partial charge in [0.2, 0.25) is 0 Å². The normalized spacial score (nSPS) is 15.8. The number of carboxylic acid groups (broad SMARTS) is 1. The molecule has 0 amide bonds. The van der Waals surface area contributed by atoms with Crippen LogP contribution in [-0.2, 0) is 0 Å². The number of hydrogen-bond acceptors (Lipinski definition) is 4. The number of benzene rings is 2. The third-order valence-corrected chi connectivity index (χ3v) is 7.16. The minimum Gasteiger partial charge on any atom is -0.478 e. The van der Waals surface area contributed by atoms with Crippen molar-refractivity contribution in [3.05, 3.63) is 74.7 Å². The fraction of sp³-hybridized carbons (Fsp3) is 0.227. The second-order valence-electron chi connectivity index (χ2n) is 7.36. The molecule has 2 heterocycles. The Balaban J connectivity index is 1.99. The van der Waals surface area contributed by atoms with Gasteiger partial charge in [0, 0.05) is 21.2 Å². The lowest BCUT2D eigenvalue weighted by Gasteiger charge is -2.35. The van der Waals surface area contributed by atoms with E-state index in [0.29, 0.717) is 16.8 Å². The largest absolute Gasteiger partial charge is 0.478 e. The van der Waals surface area contributed by atoms with Crippen molar-refractivity contribution >= 4 is 46.4 Å². The van der Waals surface area contributed by atoms with Crippen LogP contribution in [0.5, 0.6) is 0 Å². The molecule has 0 fully saturated rings. The van der Waals surface area contributed by atoms with E-state index < -0.39 is 5.97 Å². The standard InChI is InChI=1S/C22H19ClFNO2S2/c1-12(2)11-25-16-9-13(22(26)27)3-6-17(16)28-19-10-14(24)4-5-15(19)21(25)18-7-8-20(23)29-18/h3-10,12,21H,11H2,1-2H3,(H,26,27). The molecule has 1 N–H and O–H groups in total. The van der Waals surface area contributed by atoms with Crippen LogP contribution in [0.3, 0.4) is 0 Å². The van der Waals surface area contributed by atoms with Crippen molar-refractivity contribution < 1.29 is 14.3 Å². The third kappa shape index (κ3) is 4.02. The Kier molecular flexibility index (Phi) is 5.60. The summed E-state index contributed by atoms with van der Waals surface area (Å²) in [4.78, 5) is 16.6. The predicted molar refractivity (Wildman–Crippen MR) is 117 cm³/mol. The maximum Gasteiger partial charge on any atom is 0.335 e. The van der Waals surface area contributed by atoms with E-state index in [4.69, 9.17) is 11.6 Å². The Morgan fingerprint density at radius 1 is 1.17 bits per heavy atom. The first-order chi connectivity index (χ1) is 13.8. The van der Waals surface area contributed by atoms with Crippen molar-refractivity contribution in [3.8, 4) is 0 Å². The molecule has 1 unspecified atom stereocenters. The highest BCUT2D eigenvalue weighted by molar-refractivity contribution is 7.99. The molecular formula is C22H19ClFNO2S2. The van der Waals surface area contributed by atoms with Crippen molar-refractivity contribution in [1.82, 2.24) is 0 Å². The second kappa shape index (κ2) is 8.01. The lowest BCUT2D eigenvalue weighted by Crippen LogP contribution is -2.32. The molecular weight excluding hydrogens is 429 g/mol. The van der Waals surface area contributed by atoms with Gasteiger partial charge in [-0.2, -0.15) is 0 Å². The summed E-state index contributed by atoms with van der Waals surface area (Å²) in [5, 5.41) is 9.53. The Morgan fingerprint density at radius 3 is 2.62 bits per heavy atom. The molecule has 0 radical (unpaired) electrons. The Bertz CT molecular complexity index is 1080. The van der Waals surface area contributed by atoms with Crippen LogP contribution in [-0.4, -0.2) is 17.6 Å². The number of carbonyl (C=O) groups is 1. The van der Waals surface area contributed by atoms with Gasteiger partial charge in [-0.3, -0.25) is 0 Å². The maximum absolute atomic E-state index is 14.1. The molecule has 4 rings (SSSR count). The molecule has 7 heteroatoms. The van der Waals surface area contributed by atoms with Gasteiger partial charge < -0.3 is 10.0 Å². The molecule has 0 spiro atoms. The molecule has 0 saturated carbocycles. The molecule has 1 atom stereocenters. The van der Waals surface area contributed by atoms with Gasteiger partial charge in [-0.15, -0.1) is 11.3 Å². The van der Waals surface area contributed by atoms with E-state index in [0.717, 1.165) is 25.9 Å². The molecule has 0 aliphatic carbocycles. The number of nitrogens with zero attached hydrogens (tertiary/aromatic N) is 1. The fourth-order valence-electron chi connectivity index (χ4n) is 3.59. The molecule has 3 nitrogen and oxygen atoms in total. The average Bonchev–Trinajstić information content (AvgIpc) is 3.03. The summed E-state index contributed by atoms with van der Waals surface area (Å²) >= 11 is 9.21. The molecule has 150 valence electrons. The smallest absolute Gasteiger partial charge is 0.335 e. The van der Waals surface area contributed by atoms with E-state index in [1.165, 1.54) is 29.2 Å². The Hall–Kier alpha value is -2.02. The molecule has 0 saturated heterocycles. The Labute approximate surface area is 182 Å². The number of fused-ring (bicyclic) bond motifs is 2. The van der Waals surface area contributed by atoms with Crippen molar-refractivity contribution in [3.63, 3.8) is 0 Å². The average molecular weight is 448 g/mol. The minimum atomic E-state index is -0.967. The summed E-state index contributed by atoms with van der Waals surface area (Å²) in [6.45, 7) is 4.97. The minimum absolute atomic E-state index is 0.178. The fourth-order valence-corrected chi connectivity index (χ4v) is 5.90. The Morgan fingerprint density at radius 2 is 1.97 bits per heavy atom. The first-order valence-electron chi connectivity index (χ1n) is 9.20. The van der Waals surface area contributed by atoms with Crippen molar-refractivity contribution in [2.24, 2.45) is 5.92 Å². The summed E-state index contributed by atoms with van der Waals surface area (Å²) < 4.78 is 14.8. The first-order valence-corrected chi connectivity index (χ1v) is 11.2. The van der Waals surface area contributed by atoms with E-state index in [-0.39, 0.29) is 17.4 Å². The maximum atomic E-state index is 14.1. The van der Waals surface area contributed by atoms with Crippen molar-refractivity contribution in [2.75, 3.05) is 11.4 Å². The quantitative estimate of drug-likeness (QED) is 0.469. The lowest BCUT2D eigenvalue weighted by molar-refractivity contribution is 0.0697. The zero-order chi connectivity index (χ0) is 20.7. The molecule has 0 bridgehead atoms. The van der Waals surface area contributed by atoms with E-state index >= 15 is 0 Å². The van der Waals surface area contributed by atoms with Gasteiger partial charge in [-0.1, -0.05) is 43.3 Å². The second-order valence-corrected chi connectivity index (χ2v) is 10.2. The van der Waals surface area contributed by atoms with Gasteiger partial charge in [0.25, 0.3) is 0 Å². The van der Waals surface area contributed by atoms with Crippen LogP contribution < -0.4 is 4.90 Å². The van der Waals surface area contributed by atoms with Gasteiger partial charge in [-0.05, 0) is 53.9 Å². The summed E-state index contributed by atoms with van der Waals surface area (Å²) in [6, 6.07) is 13.7. The van der Waals surface area contributed by atoms with Gasteiger partial charge in [0.05, 0.1) is 21.6 Å². The molecule has 1 aliphatic rings. The van der Waals surface area contributed by atoms with Crippen LogP contribution >= 0.6 is 34.7 Å². The molecule has 3 aromatic rings. The van der Waals surface area contributed by atoms with Crippen LogP contribution in [0, 0.1) is 11.7 Å². The molecule has 1 aromatic heterocycles. The topological polar surface area (TPSA) is 40.5 Å². The summed E-state index contributed by atoms with van der Waals surface area (Å²) in [7, 11) is 0. The van der Waals surface area contributed by atoms with Crippen LogP contribution in [0.25, 0.3) is 0 Å². The van der Waals surface area contributed by atoms with Crippen LogP contribution in [0.4, 0.5) is 10.1 Å². The van der Waals surface area contributed by atoms with E-state index in [9.17, 15) is 14.3 Å². The summed E-state index contributed by atoms with van der Waals surface area (Å²) in [5.74, 6) is -0.924. The highest BCUT2D eigenvalue weighted by Gasteiger charge is 2.32. The highest BCUT2D eigenvalue weighted by Crippen LogP contribution is 2.49. The van der Waals surface area contributed by atoms with E-state index in [2.05, 4.69) is 18.7 Å². The van der Waals surface area contributed by atoms with Crippen LogP contribution in [0.15, 0.2) is 58.3 Å². The van der Waals surface area contributed by atoms with Crippen LogP contribution in [0.1, 0.15) is 40.7 Å². The monoisotopic (exact) mass is 447 g/mol. The molecule has 29 heavy (non-hydrogen) atoms. The number of rotatable bonds is 4. The third-order valence-electron chi connectivity index (χ3n) is 4.74. The number of anilines is 1. The van der Waals surface area contributed by atoms with Gasteiger partial charge in [0.1, 0.15) is 5.82 Å². The number of aromatic carboxylic acids is 1. The van der Waals surface area contributed by atoms with E-state index in [1.807, 2.05) is 24.3 Å². The summed E-state index contributed by atoms with van der Waals surface area (Å²) in [6.07, 6.45) is 0. The zero-order valence-electron chi connectivity index (χ0n) is 15.9. The molecule has 1 aliphatic heterocycles.